The predicted molar refractivity (Wildman–Crippen MR) is 135 cm³/mol. The van der Waals surface area contributed by atoms with Crippen LogP contribution in [0, 0.1) is 0 Å². The fourth-order valence-electron chi connectivity index (χ4n) is 4.04. The third kappa shape index (κ3) is 6.56. The first-order valence-corrected chi connectivity index (χ1v) is 11.7. The van der Waals surface area contributed by atoms with Gasteiger partial charge < -0.3 is 26.0 Å². The Balaban J connectivity index is 1.31. The number of carbonyl (C=O) groups excluding carboxylic acids is 2. The summed E-state index contributed by atoms with van der Waals surface area (Å²) in [4.78, 5) is 47.2. The van der Waals surface area contributed by atoms with E-state index in [9.17, 15) is 19.5 Å². The molecule has 3 aromatic rings. The minimum Gasteiger partial charge on any atom is -0.480 e. The summed E-state index contributed by atoms with van der Waals surface area (Å²) in [6, 6.07) is 16.2. The van der Waals surface area contributed by atoms with Gasteiger partial charge in [-0.3, -0.25) is 9.59 Å². The van der Waals surface area contributed by atoms with E-state index in [1.54, 1.807) is 60.9 Å². The van der Waals surface area contributed by atoms with Crippen molar-refractivity contribution in [2.24, 2.45) is 0 Å². The maximum Gasteiger partial charge on any atom is 0.328 e. The molecule has 2 atom stereocenters. The molecule has 2 heterocycles. The molecule has 2 unspecified atom stereocenters. The van der Waals surface area contributed by atoms with Gasteiger partial charge in [0.05, 0.1) is 0 Å². The molecule has 0 radical (unpaired) electrons. The number of anilines is 2. The summed E-state index contributed by atoms with van der Waals surface area (Å²) < 4.78 is 0. The lowest BCUT2D eigenvalue weighted by Crippen LogP contribution is -2.48. The highest BCUT2D eigenvalue weighted by atomic mass is 16.4. The standard InChI is InChI=1S/C26H28N6O4/c33-23(29-16-22(25(35)36)31-24(34)18-6-2-1-3-7-18)19-9-11-21(12-10-19)32-15-4-8-20(17-32)30-26-27-13-5-14-28-26/h1-3,5-7,9-14,20,22H,4,8,15-17H2,(H,29,33)(H,31,34)(H,35,36)(H,27,28,30). The number of hydrogen-bond donors (Lipinski definition) is 4. The first-order chi connectivity index (χ1) is 17.5. The SMILES string of the molecule is O=C(NCC(NC(=O)c1ccccc1)C(=O)O)c1ccc(N2CCCC(Nc3ncccn3)C2)cc1. The van der Waals surface area contributed by atoms with Gasteiger partial charge in [-0.15, -0.1) is 0 Å². The number of piperidine rings is 1. The van der Waals surface area contributed by atoms with E-state index < -0.39 is 23.8 Å². The molecule has 2 amide bonds. The summed E-state index contributed by atoms with van der Waals surface area (Å²) in [7, 11) is 0. The van der Waals surface area contributed by atoms with Crippen molar-refractivity contribution < 1.29 is 19.5 Å². The minimum absolute atomic E-state index is 0.211. The van der Waals surface area contributed by atoms with Gasteiger partial charge in [0.25, 0.3) is 11.8 Å². The Labute approximate surface area is 208 Å². The second-order valence-corrected chi connectivity index (χ2v) is 8.49. The molecule has 1 fully saturated rings. The fraction of sp³-hybridized carbons (Fsp3) is 0.269. The molecule has 0 spiro atoms. The van der Waals surface area contributed by atoms with Gasteiger partial charge in [0.1, 0.15) is 6.04 Å². The number of hydrogen-bond acceptors (Lipinski definition) is 7. The maximum absolute atomic E-state index is 12.6. The van der Waals surface area contributed by atoms with Gasteiger partial charge in [-0.05, 0) is 55.3 Å². The molecular weight excluding hydrogens is 460 g/mol. The van der Waals surface area contributed by atoms with Crippen LogP contribution in [0.15, 0.2) is 73.1 Å². The quantitative estimate of drug-likeness (QED) is 0.360. The van der Waals surface area contributed by atoms with E-state index in [4.69, 9.17) is 0 Å². The van der Waals surface area contributed by atoms with E-state index in [0.29, 0.717) is 17.1 Å². The summed E-state index contributed by atoms with van der Waals surface area (Å²) in [5.74, 6) is -1.56. The molecule has 10 nitrogen and oxygen atoms in total. The number of aliphatic carboxylic acids is 1. The van der Waals surface area contributed by atoms with Crippen LogP contribution in [0.5, 0.6) is 0 Å². The van der Waals surface area contributed by atoms with Crippen molar-refractivity contribution in [2.75, 3.05) is 29.9 Å². The molecule has 186 valence electrons. The van der Waals surface area contributed by atoms with Gasteiger partial charge in [-0.1, -0.05) is 18.2 Å². The second kappa shape index (κ2) is 11.8. The second-order valence-electron chi connectivity index (χ2n) is 8.49. The molecule has 1 aliphatic heterocycles. The van der Waals surface area contributed by atoms with E-state index in [0.717, 1.165) is 31.6 Å². The molecule has 36 heavy (non-hydrogen) atoms. The summed E-state index contributed by atoms with van der Waals surface area (Å²) in [5.41, 5.74) is 1.74. The number of aromatic nitrogens is 2. The van der Waals surface area contributed by atoms with Crippen LogP contribution in [0.25, 0.3) is 0 Å². The Hall–Kier alpha value is -4.47. The van der Waals surface area contributed by atoms with Crippen molar-refractivity contribution in [2.45, 2.75) is 24.9 Å². The van der Waals surface area contributed by atoms with Crippen molar-refractivity contribution >= 4 is 29.4 Å². The van der Waals surface area contributed by atoms with Crippen molar-refractivity contribution in [1.82, 2.24) is 20.6 Å². The van der Waals surface area contributed by atoms with Crippen LogP contribution in [0.4, 0.5) is 11.6 Å². The zero-order chi connectivity index (χ0) is 25.3. The highest BCUT2D eigenvalue weighted by Crippen LogP contribution is 2.22. The fourth-order valence-corrected chi connectivity index (χ4v) is 4.04. The van der Waals surface area contributed by atoms with Gasteiger partial charge in [0, 0.05) is 54.9 Å². The molecule has 0 aliphatic carbocycles. The van der Waals surface area contributed by atoms with Crippen molar-refractivity contribution in [3.05, 3.63) is 84.2 Å². The molecule has 0 bridgehead atoms. The van der Waals surface area contributed by atoms with Gasteiger partial charge in [0.2, 0.25) is 5.95 Å². The van der Waals surface area contributed by atoms with Crippen LogP contribution in [-0.2, 0) is 4.79 Å². The summed E-state index contributed by atoms with van der Waals surface area (Å²) in [6.07, 6.45) is 5.43. The summed E-state index contributed by atoms with van der Waals surface area (Å²) >= 11 is 0. The zero-order valence-electron chi connectivity index (χ0n) is 19.6. The van der Waals surface area contributed by atoms with Crippen molar-refractivity contribution in [1.29, 1.82) is 0 Å². The average molecular weight is 489 g/mol. The molecule has 1 saturated heterocycles. The molecule has 1 aliphatic rings. The van der Waals surface area contributed by atoms with Gasteiger partial charge in [0.15, 0.2) is 0 Å². The van der Waals surface area contributed by atoms with E-state index >= 15 is 0 Å². The lowest BCUT2D eigenvalue weighted by Gasteiger charge is -2.34. The minimum atomic E-state index is -1.26. The zero-order valence-corrected chi connectivity index (χ0v) is 19.6. The van der Waals surface area contributed by atoms with Gasteiger partial charge in [-0.2, -0.15) is 0 Å². The lowest BCUT2D eigenvalue weighted by atomic mass is 10.0. The maximum atomic E-state index is 12.6. The number of amides is 2. The third-order valence-electron chi connectivity index (χ3n) is 5.92. The topological polar surface area (TPSA) is 137 Å². The number of benzene rings is 2. The molecule has 4 N–H and O–H groups in total. The Bertz CT molecular complexity index is 1170. The normalized spacial score (nSPS) is 16.0. The number of carboxylic acids is 1. The number of nitrogens with one attached hydrogen (secondary N) is 3. The smallest absolute Gasteiger partial charge is 0.328 e. The van der Waals surface area contributed by atoms with Crippen LogP contribution < -0.4 is 20.9 Å². The average Bonchev–Trinajstić information content (AvgIpc) is 2.92. The van der Waals surface area contributed by atoms with Crippen molar-refractivity contribution in [3.63, 3.8) is 0 Å². The first-order valence-electron chi connectivity index (χ1n) is 11.7. The van der Waals surface area contributed by atoms with Crippen LogP contribution in [-0.4, -0.2) is 64.6 Å². The largest absolute Gasteiger partial charge is 0.480 e. The van der Waals surface area contributed by atoms with Crippen LogP contribution in [0.3, 0.4) is 0 Å². The number of carboxylic acid groups (broad SMARTS) is 1. The van der Waals surface area contributed by atoms with E-state index in [2.05, 4.69) is 30.8 Å². The Morgan fingerprint density at radius 1 is 0.944 bits per heavy atom. The molecule has 2 aromatic carbocycles. The van der Waals surface area contributed by atoms with E-state index in [1.165, 1.54) is 0 Å². The molecular formula is C26H28N6O4. The number of rotatable bonds is 9. The van der Waals surface area contributed by atoms with Crippen molar-refractivity contribution in [3.8, 4) is 0 Å². The monoisotopic (exact) mass is 488 g/mol. The van der Waals surface area contributed by atoms with E-state index in [1.807, 2.05) is 12.1 Å². The molecule has 10 heteroatoms. The van der Waals surface area contributed by atoms with Gasteiger partial charge >= 0.3 is 5.97 Å². The lowest BCUT2D eigenvalue weighted by molar-refractivity contribution is -0.139. The molecule has 4 rings (SSSR count). The third-order valence-corrected chi connectivity index (χ3v) is 5.92. The van der Waals surface area contributed by atoms with E-state index in [-0.39, 0.29) is 12.6 Å². The summed E-state index contributed by atoms with van der Waals surface area (Å²) in [5, 5.41) is 17.9. The highest BCUT2D eigenvalue weighted by molar-refractivity contribution is 5.97. The summed E-state index contributed by atoms with van der Waals surface area (Å²) in [6.45, 7) is 1.45. The number of nitrogens with zero attached hydrogens (tertiary/aromatic N) is 3. The molecule has 1 aromatic heterocycles. The highest BCUT2D eigenvalue weighted by Gasteiger charge is 2.23. The Morgan fingerprint density at radius 3 is 2.33 bits per heavy atom. The molecule has 0 saturated carbocycles. The Morgan fingerprint density at radius 2 is 1.64 bits per heavy atom. The first kappa shape index (κ1) is 24.6. The predicted octanol–water partition coefficient (Wildman–Crippen LogP) is 2.17. The van der Waals surface area contributed by atoms with Gasteiger partial charge in [-0.25, -0.2) is 14.8 Å². The van der Waals surface area contributed by atoms with Crippen LogP contribution in [0.2, 0.25) is 0 Å². The van der Waals surface area contributed by atoms with Crippen LogP contribution >= 0.6 is 0 Å². The number of carbonyl (C=O) groups is 3. The van der Waals surface area contributed by atoms with Crippen LogP contribution in [0.1, 0.15) is 33.6 Å². The Kier molecular flexibility index (Phi) is 8.07.